The van der Waals surface area contributed by atoms with Crippen molar-refractivity contribution in [3.63, 3.8) is 0 Å². The van der Waals surface area contributed by atoms with Gasteiger partial charge in [-0.1, -0.05) is 0 Å². The lowest BCUT2D eigenvalue weighted by molar-refractivity contribution is -0.131. The maximum Gasteiger partial charge on any atom is 0.338 e. The molecule has 1 aromatic rings. The second-order valence-corrected chi connectivity index (χ2v) is 5.06. The fourth-order valence-electron chi connectivity index (χ4n) is 1.46. The monoisotopic (exact) mass is 299 g/mol. The molecule has 0 aromatic carbocycles. The lowest BCUT2D eigenvalue weighted by Gasteiger charge is -2.20. The molecule has 1 heterocycles. The molecule has 1 unspecified atom stereocenters. The standard InChI is InChI=1S/C12H17N3O4S/c1-4-15(3)10(16)7(2)13-12(19)14-9-8(11(17)18)5-6-20-9/h5-7H,4H2,1-3H3,(H,17,18)(H2,13,14,19). The molecule has 1 atom stereocenters. The molecule has 0 saturated carbocycles. The van der Waals surface area contributed by atoms with Gasteiger partial charge in [0, 0.05) is 13.6 Å². The van der Waals surface area contributed by atoms with Crippen LogP contribution in [0.25, 0.3) is 0 Å². The first-order valence-corrected chi connectivity index (χ1v) is 6.88. The number of rotatable bonds is 5. The number of hydrogen-bond acceptors (Lipinski definition) is 4. The van der Waals surface area contributed by atoms with Crippen LogP contribution in [0, 0.1) is 0 Å². The Labute approximate surface area is 120 Å². The third kappa shape index (κ3) is 3.95. The quantitative estimate of drug-likeness (QED) is 0.766. The molecule has 0 aliphatic carbocycles. The van der Waals surface area contributed by atoms with Crippen LogP contribution in [0.5, 0.6) is 0 Å². The molecule has 8 heteroatoms. The van der Waals surface area contributed by atoms with Crippen LogP contribution in [-0.2, 0) is 4.79 Å². The van der Waals surface area contributed by atoms with Gasteiger partial charge in [0.15, 0.2) is 0 Å². The van der Waals surface area contributed by atoms with E-state index in [2.05, 4.69) is 10.6 Å². The highest BCUT2D eigenvalue weighted by Crippen LogP contribution is 2.22. The van der Waals surface area contributed by atoms with Crippen molar-refractivity contribution in [3.8, 4) is 0 Å². The largest absolute Gasteiger partial charge is 0.478 e. The summed E-state index contributed by atoms with van der Waals surface area (Å²) in [6.45, 7) is 3.94. The molecule has 0 saturated heterocycles. The number of urea groups is 1. The molecular weight excluding hydrogens is 282 g/mol. The van der Waals surface area contributed by atoms with E-state index >= 15 is 0 Å². The number of carbonyl (C=O) groups is 3. The van der Waals surface area contributed by atoms with Crippen molar-refractivity contribution in [1.29, 1.82) is 0 Å². The van der Waals surface area contributed by atoms with Crippen LogP contribution in [0.15, 0.2) is 11.4 Å². The summed E-state index contributed by atoms with van der Waals surface area (Å²) in [5.74, 6) is -1.33. The highest BCUT2D eigenvalue weighted by Gasteiger charge is 2.20. The fraction of sp³-hybridized carbons (Fsp3) is 0.417. The molecule has 0 aliphatic heterocycles. The zero-order chi connectivity index (χ0) is 15.3. The van der Waals surface area contributed by atoms with Gasteiger partial charge in [0.25, 0.3) is 0 Å². The predicted octanol–water partition coefficient (Wildman–Crippen LogP) is 1.43. The SMILES string of the molecule is CCN(C)C(=O)C(C)NC(=O)Nc1sccc1C(=O)O. The fourth-order valence-corrected chi connectivity index (χ4v) is 2.23. The van der Waals surface area contributed by atoms with E-state index in [-0.39, 0.29) is 16.5 Å². The molecule has 20 heavy (non-hydrogen) atoms. The molecule has 0 aliphatic rings. The van der Waals surface area contributed by atoms with Crippen molar-refractivity contribution in [3.05, 3.63) is 17.0 Å². The van der Waals surface area contributed by atoms with Crippen LogP contribution >= 0.6 is 11.3 Å². The maximum absolute atomic E-state index is 11.8. The number of nitrogens with zero attached hydrogens (tertiary/aromatic N) is 1. The van der Waals surface area contributed by atoms with Gasteiger partial charge in [-0.2, -0.15) is 0 Å². The number of aromatic carboxylic acids is 1. The summed E-state index contributed by atoms with van der Waals surface area (Å²) in [6.07, 6.45) is 0. The molecule has 110 valence electrons. The summed E-state index contributed by atoms with van der Waals surface area (Å²) in [4.78, 5) is 35.9. The number of hydrogen-bond donors (Lipinski definition) is 3. The van der Waals surface area contributed by atoms with Crippen LogP contribution in [0.1, 0.15) is 24.2 Å². The van der Waals surface area contributed by atoms with Gasteiger partial charge in [-0.25, -0.2) is 9.59 Å². The lowest BCUT2D eigenvalue weighted by atomic mass is 10.3. The van der Waals surface area contributed by atoms with Crippen molar-refractivity contribution in [2.45, 2.75) is 19.9 Å². The molecule has 0 radical (unpaired) electrons. The number of amides is 3. The van der Waals surface area contributed by atoms with Crippen LogP contribution < -0.4 is 10.6 Å². The average Bonchev–Trinajstić information content (AvgIpc) is 2.84. The minimum Gasteiger partial charge on any atom is -0.478 e. The molecule has 3 N–H and O–H groups in total. The van der Waals surface area contributed by atoms with Crippen molar-refractivity contribution in [2.24, 2.45) is 0 Å². The zero-order valence-corrected chi connectivity index (χ0v) is 12.3. The third-order valence-electron chi connectivity index (χ3n) is 2.69. The first-order chi connectivity index (χ1) is 9.36. The summed E-state index contributed by atoms with van der Waals surface area (Å²) in [5, 5.41) is 15.6. The van der Waals surface area contributed by atoms with E-state index in [4.69, 9.17) is 5.11 Å². The Morgan fingerprint density at radius 2 is 2.10 bits per heavy atom. The van der Waals surface area contributed by atoms with E-state index in [9.17, 15) is 14.4 Å². The zero-order valence-electron chi connectivity index (χ0n) is 11.5. The number of anilines is 1. The summed E-state index contributed by atoms with van der Waals surface area (Å²) in [6, 6.07) is 0.107. The van der Waals surface area contributed by atoms with E-state index < -0.39 is 18.0 Å². The average molecular weight is 299 g/mol. The van der Waals surface area contributed by atoms with Crippen LogP contribution in [-0.4, -0.2) is 47.5 Å². The number of nitrogens with one attached hydrogen (secondary N) is 2. The summed E-state index contributed by atoms with van der Waals surface area (Å²) < 4.78 is 0. The normalized spacial score (nSPS) is 11.6. The molecule has 1 rings (SSSR count). The lowest BCUT2D eigenvalue weighted by Crippen LogP contribution is -2.46. The summed E-state index contributed by atoms with van der Waals surface area (Å²) >= 11 is 1.10. The van der Waals surface area contributed by atoms with Crippen LogP contribution in [0.4, 0.5) is 9.80 Å². The highest BCUT2D eigenvalue weighted by molar-refractivity contribution is 7.14. The third-order valence-corrected chi connectivity index (χ3v) is 3.52. The topological polar surface area (TPSA) is 98.7 Å². The molecule has 7 nitrogen and oxygen atoms in total. The molecule has 3 amide bonds. The van der Waals surface area contributed by atoms with Gasteiger partial charge in [-0.05, 0) is 25.3 Å². The van der Waals surface area contributed by atoms with Crippen molar-refractivity contribution < 1.29 is 19.5 Å². The number of carboxylic acid groups (broad SMARTS) is 1. The van der Waals surface area contributed by atoms with E-state index in [0.717, 1.165) is 11.3 Å². The highest BCUT2D eigenvalue weighted by atomic mass is 32.1. The van der Waals surface area contributed by atoms with Crippen molar-refractivity contribution in [1.82, 2.24) is 10.2 Å². The van der Waals surface area contributed by atoms with Gasteiger partial charge < -0.3 is 15.3 Å². The summed E-state index contributed by atoms with van der Waals surface area (Å²) in [7, 11) is 1.64. The van der Waals surface area contributed by atoms with E-state index in [0.29, 0.717) is 6.54 Å². The molecule has 0 spiro atoms. The van der Waals surface area contributed by atoms with Gasteiger partial charge >= 0.3 is 12.0 Å². The Morgan fingerprint density at radius 1 is 1.45 bits per heavy atom. The van der Waals surface area contributed by atoms with E-state index in [1.165, 1.54) is 11.0 Å². The second kappa shape index (κ2) is 6.90. The summed E-state index contributed by atoms with van der Waals surface area (Å²) in [5.41, 5.74) is 0.0230. The number of carboxylic acids is 1. The van der Waals surface area contributed by atoms with Gasteiger partial charge in [0.05, 0.1) is 5.56 Å². The number of likely N-dealkylation sites (N-methyl/N-ethyl adjacent to an activating group) is 1. The van der Waals surface area contributed by atoms with Crippen LogP contribution in [0.3, 0.4) is 0 Å². The van der Waals surface area contributed by atoms with Gasteiger partial charge in [0.2, 0.25) is 5.91 Å². The predicted molar refractivity (Wildman–Crippen MR) is 76.2 cm³/mol. The van der Waals surface area contributed by atoms with Gasteiger partial charge in [-0.15, -0.1) is 11.3 Å². The first-order valence-electron chi connectivity index (χ1n) is 6.00. The smallest absolute Gasteiger partial charge is 0.338 e. The second-order valence-electron chi connectivity index (χ2n) is 4.14. The van der Waals surface area contributed by atoms with E-state index in [1.54, 1.807) is 19.4 Å². The van der Waals surface area contributed by atoms with Crippen molar-refractivity contribution in [2.75, 3.05) is 18.9 Å². The maximum atomic E-state index is 11.8. The van der Waals surface area contributed by atoms with Crippen molar-refractivity contribution >= 4 is 34.2 Å². The Hall–Kier alpha value is -2.09. The minimum atomic E-state index is -1.11. The Bertz CT molecular complexity index is 515. The molecule has 1 aromatic heterocycles. The first kappa shape index (κ1) is 16.0. The van der Waals surface area contributed by atoms with Gasteiger partial charge in [-0.3, -0.25) is 10.1 Å². The van der Waals surface area contributed by atoms with Gasteiger partial charge in [0.1, 0.15) is 11.0 Å². The minimum absolute atomic E-state index is 0.0230. The molecular formula is C12H17N3O4S. The number of thiophene rings is 1. The molecule has 0 fully saturated rings. The number of carbonyl (C=O) groups excluding carboxylic acids is 2. The van der Waals surface area contributed by atoms with E-state index in [1.807, 2.05) is 6.92 Å². The Kier molecular flexibility index (Phi) is 5.51. The van der Waals surface area contributed by atoms with Crippen LogP contribution in [0.2, 0.25) is 0 Å². The Morgan fingerprint density at radius 3 is 2.65 bits per heavy atom. The Balaban J connectivity index is 2.62. The molecule has 0 bridgehead atoms.